The van der Waals surface area contributed by atoms with Crippen molar-refractivity contribution in [3.05, 3.63) is 52.6 Å². The maximum Gasteiger partial charge on any atom is 0.337 e. The molecule has 9 heteroatoms. The van der Waals surface area contributed by atoms with Gasteiger partial charge in [0, 0.05) is 11.3 Å². The van der Waals surface area contributed by atoms with Crippen LogP contribution in [-0.2, 0) is 29.3 Å². The number of hydrogen-bond acceptors (Lipinski definition) is 8. The van der Waals surface area contributed by atoms with Gasteiger partial charge in [0.25, 0.3) is 0 Å². The fourth-order valence-electron chi connectivity index (χ4n) is 3.63. The van der Waals surface area contributed by atoms with E-state index in [1.54, 1.807) is 24.3 Å². The number of nitrogens with two attached hydrogens (primary N) is 1. The second-order valence-corrected chi connectivity index (χ2v) is 6.12. The lowest BCUT2D eigenvalue weighted by molar-refractivity contribution is -0.146. The monoisotopic (exact) mass is 383 g/mol. The maximum absolute atomic E-state index is 13.6. The highest BCUT2D eigenvalue weighted by Crippen LogP contribution is 2.53. The van der Waals surface area contributed by atoms with Crippen LogP contribution in [0.4, 0.5) is 0 Å². The number of ether oxygens (including phenoxy) is 3. The molecule has 0 saturated heterocycles. The van der Waals surface area contributed by atoms with Crippen LogP contribution in [0.3, 0.4) is 0 Å². The molecule has 2 aliphatic heterocycles. The van der Waals surface area contributed by atoms with Crippen molar-refractivity contribution in [3.8, 4) is 11.8 Å². The molecule has 2 N–H and O–H groups in total. The fourth-order valence-corrected chi connectivity index (χ4v) is 3.63. The van der Waals surface area contributed by atoms with E-state index in [-0.39, 0.29) is 34.0 Å². The van der Waals surface area contributed by atoms with Crippen LogP contribution in [0, 0.1) is 11.3 Å². The summed E-state index contributed by atoms with van der Waals surface area (Å²) < 4.78 is 15.1. The lowest BCUT2D eigenvalue weighted by Gasteiger charge is -2.35. The van der Waals surface area contributed by atoms with Gasteiger partial charge in [0.1, 0.15) is 23.9 Å². The Hall–Kier alpha value is -3.80. The first-order chi connectivity index (χ1) is 13.3. The Morgan fingerprint density at radius 3 is 2.57 bits per heavy atom. The molecule has 2 aliphatic rings. The van der Waals surface area contributed by atoms with Gasteiger partial charge >= 0.3 is 11.9 Å². The molecule has 0 radical (unpaired) electrons. The van der Waals surface area contributed by atoms with Crippen molar-refractivity contribution in [2.24, 2.45) is 5.73 Å². The molecule has 28 heavy (non-hydrogen) atoms. The van der Waals surface area contributed by atoms with Crippen LogP contribution >= 0.6 is 0 Å². The number of fused-ring (bicyclic) bond motifs is 2. The minimum Gasteiger partial charge on any atom is -0.468 e. The molecule has 0 aromatic heterocycles. The van der Waals surface area contributed by atoms with Crippen molar-refractivity contribution in [1.82, 2.24) is 4.90 Å². The van der Waals surface area contributed by atoms with Crippen molar-refractivity contribution in [3.63, 3.8) is 0 Å². The third-order valence-electron chi connectivity index (χ3n) is 4.86. The summed E-state index contributed by atoms with van der Waals surface area (Å²) in [4.78, 5) is 39.3. The Kier molecular flexibility index (Phi) is 4.56. The number of allylic oxidation sites excluding steroid dienone is 1. The summed E-state index contributed by atoms with van der Waals surface area (Å²) in [6, 6.07) is 8.34. The molecule has 9 nitrogen and oxygen atoms in total. The first-order valence-corrected chi connectivity index (χ1v) is 8.20. The topological polar surface area (TPSA) is 132 Å². The summed E-state index contributed by atoms with van der Waals surface area (Å²) in [5.41, 5.74) is 4.15. The van der Waals surface area contributed by atoms with E-state index >= 15 is 0 Å². The molecule has 1 spiro atoms. The van der Waals surface area contributed by atoms with Gasteiger partial charge in [-0.3, -0.25) is 9.59 Å². The third kappa shape index (κ3) is 2.35. The number of nitrogens with zero attached hydrogens (tertiary/aromatic N) is 2. The number of para-hydroxylation sites is 1. The van der Waals surface area contributed by atoms with Crippen LogP contribution in [0.1, 0.15) is 12.5 Å². The van der Waals surface area contributed by atoms with Crippen molar-refractivity contribution >= 4 is 17.8 Å². The Morgan fingerprint density at radius 1 is 1.29 bits per heavy atom. The van der Waals surface area contributed by atoms with E-state index in [2.05, 4.69) is 4.74 Å². The van der Waals surface area contributed by atoms with E-state index in [1.807, 2.05) is 6.07 Å². The number of rotatable bonds is 3. The van der Waals surface area contributed by atoms with Gasteiger partial charge < -0.3 is 24.8 Å². The summed E-state index contributed by atoms with van der Waals surface area (Å²) >= 11 is 0. The molecule has 0 saturated carbocycles. The molecule has 1 atom stereocenters. The standard InChI is InChI=1S/C19H17N3O6/c1-10-15(17(24)27-3)19(18(25)22(10)9-14(23)26-2)11-6-4-5-7-13(11)28-16(21)12(19)8-20/h4-7H,9,21H2,1-3H3. The van der Waals surface area contributed by atoms with Crippen LogP contribution < -0.4 is 10.5 Å². The third-order valence-corrected chi connectivity index (χ3v) is 4.86. The van der Waals surface area contributed by atoms with Gasteiger partial charge in [-0.2, -0.15) is 5.26 Å². The molecule has 0 fully saturated rings. The van der Waals surface area contributed by atoms with E-state index in [0.29, 0.717) is 0 Å². The van der Waals surface area contributed by atoms with E-state index in [9.17, 15) is 19.6 Å². The molecule has 2 heterocycles. The van der Waals surface area contributed by atoms with Gasteiger partial charge in [0.15, 0.2) is 5.41 Å². The van der Waals surface area contributed by atoms with Crippen molar-refractivity contribution in [1.29, 1.82) is 5.26 Å². The first kappa shape index (κ1) is 19.0. The zero-order valence-corrected chi connectivity index (χ0v) is 15.4. The van der Waals surface area contributed by atoms with Crippen LogP contribution in [0.15, 0.2) is 47.0 Å². The predicted octanol–water partition coefficient (Wildman–Crippen LogP) is 0.473. The molecule has 1 aromatic carbocycles. The number of hydrogen-bond donors (Lipinski definition) is 1. The van der Waals surface area contributed by atoms with Gasteiger partial charge in [0.05, 0.1) is 19.8 Å². The summed E-state index contributed by atoms with van der Waals surface area (Å²) in [6.45, 7) is 1.05. The molecule has 0 bridgehead atoms. The molecular formula is C19H17N3O6. The first-order valence-electron chi connectivity index (χ1n) is 8.20. The second kappa shape index (κ2) is 6.74. The van der Waals surface area contributed by atoms with Crippen LogP contribution in [0.2, 0.25) is 0 Å². The number of benzene rings is 1. The normalized spacial score (nSPS) is 20.6. The highest BCUT2D eigenvalue weighted by atomic mass is 16.5. The zero-order valence-electron chi connectivity index (χ0n) is 15.4. The predicted molar refractivity (Wildman–Crippen MR) is 94.0 cm³/mol. The zero-order chi connectivity index (χ0) is 20.6. The van der Waals surface area contributed by atoms with Crippen LogP contribution in [-0.4, -0.2) is 43.5 Å². The van der Waals surface area contributed by atoms with Gasteiger partial charge in [-0.1, -0.05) is 18.2 Å². The quantitative estimate of drug-likeness (QED) is 0.745. The molecule has 3 rings (SSSR count). The summed E-state index contributed by atoms with van der Waals surface area (Å²) in [6.07, 6.45) is 0. The summed E-state index contributed by atoms with van der Waals surface area (Å²) in [5, 5.41) is 9.80. The largest absolute Gasteiger partial charge is 0.468 e. The smallest absolute Gasteiger partial charge is 0.337 e. The van der Waals surface area contributed by atoms with Crippen molar-refractivity contribution in [2.75, 3.05) is 20.8 Å². The number of methoxy groups -OCH3 is 2. The lowest BCUT2D eigenvalue weighted by atomic mass is 9.68. The second-order valence-electron chi connectivity index (χ2n) is 6.12. The number of carbonyl (C=O) groups excluding carboxylic acids is 3. The van der Waals surface area contributed by atoms with Gasteiger partial charge in [-0.15, -0.1) is 0 Å². The van der Waals surface area contributed by atoms with E-state index in [4.69, 9.17) is 15.2 Å². The number of esters is 2. The molecule has 1 aromatic rings. The minimum atomic E-state index is -1.88. The van der Waals surface area contributed by atoms with Gasteiger partial charge in [0.2, 0.25) is 11.8 Å². The summed E-state index contributed by atoms with van der Waals surface area (Å²) in [7, 11) is 2.34. The van der Waals surface area contributed by atoms with E-state index < -0.39 is 29.8 Å². The molecular weight excluding hydrogens is 366 g/mol. The molecule has 1 unspecified atom stereocenters. The maximum atomic E-state index is 13.6. The van der Waals surface area contributed by atoms with Crippen LogP contribution in [0.5, 0.6) is 5.75 Å². The average molecular weight is 383 g/mol. The minimum absolute atomic E-state index is 0.0980. The highest BCUT2D eigenvalue weighted by Gasteiger charge is 2.62. The van der Waals surface area contributed by atoms with Crippen LogP contribution in [0.25, 0.3) is 0 Å². The Labute approximate surface area is 160 Å². The Bertz CT molecular complexity index is 1000. The fraction of sp³-hybridized carbons (Fsp3) is 0.263. The summed E-state index contributed by atoms with van der Waals surface area (Å²) in [5.74, 6) is -2.28. The highest BCUT2D eigenvalue weighted by molar-refractivity contribution is 6.13. The van der Waals surface area contributed by atoms with Gasteiger partial charge in [-0.05, 0) is 13.0 Å². The van der Waals surface area contributed by atoms with Gasteiger partial charge in [-0.25, -0.2) is 4.79 Å². The Balaban J connectivity index is 2.39. The number of amides is 1. The van der Waals surface area contributed by atoms with Crippen molar-refractivity contribution in [2.45, 2.75) is 12.3 Å². The van der Waals surface area contributed by atoms with Crippen molar-refractivity contribution < 1.29 is 28.6 Å². The molecule has 144 valence electrons. The SMILES string of the molecule is COC(=O)CN1C(=O)C2(C(C#N)=C(N)Oc3ccccc32)C(C(=O)OC)=C1C. The molecule has 0 aliphatic carbocycles. The van der Waals surface area contributed by atoms with E-state index in [1.165, 1.54) is 14.0 Å². The number of carbonyl (C=O) groups is 3. The Morgan fingerprint density at radius 2 is 1.96 bits per heavy atom. The average Bonchev–Trinajstić information content (AvgIpc) is 2.90. The van der Waals surface area contributed by atoms with E-state index in [0.717, 1.165) is 12.0 Å². The molecule has 1 amide bonds. The number of nitriles is 1. The lowest BCUT2D eigenvalue weighted by Crippen LogP contribution is -2.47.